The fourth-order valence-corrected chi connectivity index (χ4v) is 0. The first-order valence-corrected chi connectivity index (χ1v) is 5.10. The average Bonchev–Trinajstić information content (AvgIpc) is 1.50. The highest BCUT2D eigenvalue weighted by molar-refractivity contribution is 14.1. The van der Waals surface area contributed by atoms with E-state index in [9.17, 15) is 0 Å². The first kappa shape index (κ1) is 15.7. The predicted octanol–water partition coefficient (Wildman–Crippen LogP) is 0.114. The highest BCUT2D eigenvalue weighted by Crippen LogP contribution is 1.79. The van der Waals surface area contributed by atoms with Crippen LogP contribution in [0.2, 0.25) is 0 Å². The lowest BCUT2D eigenvalue weighted by Gasteiger charge is -1.00. The summed E-state index contributed by atoms with van der Waals surface area (Å²) in [5.41, 5.74) is 0. The summed E-state index contributed by atoms with van der Waals surface area (Å²) in [6.07, 6.45) is 0. The van der Waals surface area contributed by atoms with E-state index in [4.69, 9.17) is 0 Å². The Morgan fingerprint density at radius 1 is 1.20 bits per heavy atom. The maximum absolute atomic E-state index is 4.61. The zero-order chi connectivity index (χ0) is 4.00. The zero-order valence-corrected chi connectivity index (χ0v) is 8.73. The van der Waals surface area contributed by atoms with Gasteiger partial charge in [0.1, 0.15) is 0 Å². The average molecular weight is 358 g/mol. The molecular formula is Br2Cl2I-. The summed E-state index contributed by atoms with van der Waals surface area (Å²) in [4.78, 5) is 0. The van der Waals surface area contributed by atoms with Crippen molar-refractivity contribution in [2.45, 2.75) is 0 Å². The Hall–Kier alpha value is 2.27. The third-order valence-corrected chi connectivity index (χ3v) is 0. The van der Waals surface area contributed by atoms with Crippen LogP contribution < -0.4 is 17.0 Å². The van der Waals surface area contributed by atoms with Gasteiger partial charge in [0.05, 0.1) is 0 Å². The molecular weight excluding hydrogens is 358 g/mol. The molecule has 0 aliphatic carbocycles. The van der Waals surface area contributed by atoms with Gasteiger partial charge in [-0.05, 0) is 19.0 Å². The lowest BCUT2D eigenvalue weighted by Crippen LogP contribution is -3.00. The third kappa shape index (κ3) is 22.2. The Morgan fingerprint density at radius 2 is 1.20 bits per heavy atom. The van der Waals surface area contributed by atoms with Crippen LogP contribution in [-0.4, -0.2) is 0 Å². The summed E-state index contributed by atoms with van der Waals surface area (Å²) in [7, 11) is 9.06. The molecule has 5 heteroatoms. The van der Waals surface area contributed by atoms with Gasteiger partial charge >= 0.3 is 0 Å². The molecule has 0 aliphatic heterocycles. The van der Waals surface area contributed by atoms with E-state index >= 15 is 0 Å². The van der Waals surface area contributed by atoms with Crippen molar-refractivity contribution in [2.75, 3.05) is 0 Å². The Balaban J connectivity index is -0.0000000133. The van der Waals surface area contributed by atoms with E-state index in [0.717, 1.165) is 0 Å². The van der Waals surface area contributed by atoms with Crippen molar-refractivity contribution in [1.82, 2.24) is 0 Å². The highest BCUT2D eigenvalue weighted by Gasteiger charge is 1.00. The molecule has 0 bridgehead atoms. The number of hydrogen-bond donors (Lipinski definition) is 0. The molecule has 0 aromatic heterocycles. The van der Waals surface area contributed by atoms with E-state index in [1.165, 1.54) is 0 Å². The molecule has 36 valence electrons. The number of halogens is 5. The van der Waals surface area contributed by atoms with Crippen LogP contribution in [0, 0.1) is 0 Å². The van der Waals surface area contributed by atoms with E-state index in [-0.39, 0.29) is 17.0 Å². The molecule has 0 heterocycles. The fourth-order valence-electron chi connectivity index (χ4n) is 0. The molecule has 0 spiro atoms. The molecule has 5 heavy (non-hydrogen) atoms. The van der Waals surface area contributed by atoms with Gasteiger partial charge in [0.15, 0.2) is 0 Å². The summed E-state index contributed by atoms with van der Waals surface area (Å²) in [5.74, 6) is 0. The molecule has 0 unspecified atom stereocenters. The van der Waals surface area contributed by atoms with Crippen LogP contribution in [0.3, 0.4) is 0 Å². The first-order chi connectivity index (χ1) is 2.00. The molecule has 0 rings (SSSR count). The second-order valence-corrected chi connectivity index (χ2v) is 0. The van der Waals surface area contributed by atoms with Gasteiger partial charge in [-0.15, -0.1) is 0 Å². The normalized spacial score (nSPS) is 2.40. The Labute approximate surface area is 71.6 Å². The van der Waals surface area contributed by atoms with Crippen LogP contribution in [0.1, 0.15) is 0 Å². The summed E-state index contributed by atoms with van der Waals surface area (Å²) in [6.45, 7) is 0. The van der Waals surface area contributed by atoms with E-state index in [2.05, 4.69) is 34.0 Å². The summed E-state index contributed by atoms with van der Waals surface area (Å²) in [5, 5.41) is 0. The Bertz CT molecular complexity index is 7.61. The molecule has 0 N–H and O–H groups in total. The van der Waals surface area contributed by atoms with Crippen LogP contribution in [0.4, 0.5) is 0 Å². The van der Waals surface area contributed by atoms with Crippen molar-refractivity contribution in [1.29, 1.82) is 0 Å². The molecule has 0 amide bonds. The van der Waals surface area contributed by atoms with Crippen molar-refractivity contribution < 1.29 is 17.0 Å². The van der Waals surface area contributed by atoms with E-state index < -0.39 is 0 Å². The van der Waals surface area contributed by atoms with Gasteiger partial charge in [-0.25, -0.2) is 0 Å². The van der Waals surface area contributed by atoms with E-state index in [1.807, 2.05) is 0 Å². The van der Waals surface area contributed by atoms with Gasteiger partial charge in [-0.2, -0.15) is 0 Å². The second kappa shape index (κ2) is 33.8. The van der Waals surface area contributed by atoms with Gasteiger partial charge in [0.2, 0.25) is 0 Å². The van der Waals surface area contributed by atoms with Gasteiger partial charge in [-0.1, -0.05) is 0 Å². The van der Waals surface area contributed by atoms with Crippen molar-refractivity contribution in [3.63, 3.8) is 0 Å². The van der Waals surface area contributed by atoms with Crippen molar-refractivity contribution >= 4 is 55.5 Å². The third-order valence-electron chi connectivity index (χ3n) is 0. The lowest BCUT2D eigenvalue weighted by atomic mass is 35.4. The van der Waals surface area contributed by atoms with Crippen LogP contribution >= 0.6 is 55.5 Å². The number of rotatable bonds is 0. The molecule has 0 nitrogen and oxygen atoms in total. The summed E-state index contributed by atoms with van der Waals surface area (Å²) in [6, 6.07) is 0. The maximum atomic E-state index is 4.61. The van der Waals surface area contributed by atoms with Crippen LogP contribution in [0.5, 0.6) is 0 Å². The van der Waals surface area contributed by atoms with E-state index in [1.54, 1.807) is 21.5 Å². The van der Waals surface area contributed by atoms with Gasteiger partial charge < -0.3 is 17.0 Å². The van der Waals surface area contributed by atoms with Crippen molar-refractivity contribution in [2.24, 2.45) is 0 Å². The Morgan fingerprint density at radius 3 is 1.20 bits per heavy atom. The van der Waals surface area contributed by atoms with Gasteiger partial charge in [-0.3, -0.25) is 0 Å². The van der Waals surface area contributed by atoms with Crippen LogP contribution in [0.25, 0.3) is 0 Å². The monoisotopic (exact) mass is 355 g/mol. The molecule has 0 aromatic carbocycles. The van der Waals surface area contributed by atoms with Gasteiger partial charge in [0.25, 0.3) is 0 Å². The minimum Gasteiger partial charge on any atom is -1.00 e. The molecule has 0 aromatic rings. The fraction of sp³-hybridized carbons (Fsp3) is 0. The van der Waals surface area contributed by atoms with Crippen molar-refractivity contribution in [3.8, 4) is 0 Å². The SMILES string of the molecule is ClBr.ClI.[Br-]. The standard InChI is InChI=1S/BrCl.BrH.ClI/c1-2;;1-2/h;1H;/p-1. The maximum Gasteiger partial charge on any atom is 0.0425 e. The zero-order valence-electron chi connectivity index (χ0n) is 1.89. The lowest BCUT2D eigenvalue weighted by molar-refractivity contribution is -0.000000470. The number of hydrogen-bond acceptors (Lipinski definition) is 0. The molecule has 0 aliphatic rings. The summed E-state index contributed by atoms with van der Waals surface area (Å²) >= 11 is 4.03. The molecule has 0 fully saturated rings. The Kier molecular flexibility index (Phi) is 106. The van der Waals surface area contributed by atoms with Crippen LogP contribution in [-0.2, 0) is 0 Å². The predicted molar refractivity (Wildman–Crippen MR) is 34.7 cm³/mol. The minimum absolute atomic E-state index is 0. The second-order valence-electron chi connectivity index (χ2n) is 0. The molecule has 0 saturated carbocycles. The van der Waals surface area contributed by atoms with E-state index in [0.29, 0.717) is 0 Å². The quantitative estimate of drug-likeness (QED) is 0.540. The molecule has 0 radical (unpaired) electrons. The van der Waals surface area contributed by atoms with Crippen LogP contribution in [0.15, 0.2) is 0 Å². The smallest absolute Gasteiger partial charge is 0.0425 e. The van der Waals surface area contributed by atoms with Crippen molar-refractivity contribution in [3.05, 3.63) is 0 Å². The highest BCUT2D eigenvalue weighted by atomic mass is 127. The largest absolute Gasteiger partial charge is 1.00 e. The minimum atomic E-state index is 0. The summed E-state index contributed by atoms with van der Waals surface area (Å²) < 4.78 is 0. The van der Waals surface area contributed by atoms with Gasteiger partial charge in [0, 0.05) is 36.5 Å². The first-order valence-electron chi connectivity index (χ1n) is 0.286. The topological polar surface area (TPSA) is 0 Å². The molecule has 0 saturated heterocycles. The molecule has 0 atom stereocenters.